The molecule has 220 valence electrons. The molecule has 4 rings (SSSR count). The van der Waals surface area contributed by atoms with Crippen LogP contribution in [0, 0.1) is 6.92 Å². The molecule has 1 aliphatic heterocycles. The van der Waals surface area contributed by atoms with Crippen molar-refractivity contribution in [3.8, 4) is 40.2 Å². The Kier molecular flexibility index (Phi) is 9.49. The third-order valence-electron chi connectivity index (χ3n) is 6.56. The van der Waals surface area contributed by atoms with Crippen molar-refractivity contribution in [2.24, 2.45) is 0 Å². The molecule has 11 heteroatoms. The first-order valence-electron chi connectivity index (χ1n) is 13.3. The fraction of sp³-hybridized carbons (Fsp3) is 0.400. The summed E-state index contributed by atoms with van der Waals surface area (Å²) in [6, 6.07) is 8.60. The van der Waals surface area contributed by atoms with Gasteiger partial charge in [-0.2, -0.15) is 0 Å². The topological polar surface area (TPSA) is 135 Å². The van der Waals surface area contributed by atoms with Crippen LogP contribution >= 0.6 is 0 Å². The van der Waals surface area contributed by atoms with Gasteiger partial charge in [-0.15, -0.1) is 0 Å². The zero-order chi connectivity index (χ0) is 29.5. The van der Waals surface area contributed by atoms with Crippen molar-refractivity contribution in [2.45, 2.75) is 39.5 Å². The second kappa shape index (κ2) is 13.2. The van der Waals surface area contributed by atoms with E-state index in [2.05, 4.69) is 5.32 Å². The lowest BCUT2D eigenvalue weighted by atomic mass is 9.87. The molecular formula is C30H35NO10. The van der Waals surface area contributed by atoms with Crippen LogP contribution in [0.3, 0.4) is 0 Å². The standard InChI is InChI=1S/C30H35NO10/c1-6-37-22-9-8-18(13-23(22)38-7-2)10-11-31-25(33)15-19(26-21(32)12-17(3)41-30(26)34)20-14-24(35-4)28-29(27(20)36-5)40-16-39-28/h8-9,12-14,19,32H,6-7,10-11,15-16H2,1-5H3,(H,31,33). The largest absolute Gasteiger partial charge is 0.507 e. The Hall–Kier alpha value is -4.54. The Balaban J connectivity index is 1.61. The molecule has 0 aliphatic carbocycles. The van der Waals surface area contributed by atoms with Gasteiger partial charge in [-0.25, -0.2) is 4.79 Å². The van der Waals surface area contributed by atoms with Crippen LogP contribution < -0.4 is 39.4 Å². The van der Waals surface area contributed by atoms with Crippen LogP contribution in [0.5, 0.6) is 40.2 Å². The van der Waals surface area contributed by atoms with E-state index in [0.717, 1.165) is 5.56 Å². The van der Waals surface area contributed by atoms with Gasteiger partial charge in [0.05, 0.1) is 33.0 Å². The summed E-state index contributed by atoms with van der Waals surface area (Å²) in [6.45, 7) is 6.64. The highest BCUT2D eigenvalue weighted by Gasteiger charge is 2.34. The molecule has 3 aromatic rings. The third-order valence-corrected chi connectivity index (χ3v) is 6.56. The van der Waals surface area contributed by atoms with Crippen LogP contribution in [0.15, 0.2) is 39.5 Å². The normalized spacial score (nSPS) is 12.5. The molecule has 0 fully saturated rings. The monoisotopic (exact) mass is 569 g/mol. The zero-order valence-corrected chi connectivity index (χ0v) is 23.8. The minimum atomic E-state index is -0.958. The fourth-order valence-corrected chi connectivity index (χ4v) is 4.80. The number of hydrogen-bond donors (Lipinski definition) is 2. The summed E-state index contributed by atoms with van der Waals surface area (Å²) >= 11 is 0. The second-order valence-corrected chi connectivity index (χ2v) is 9.21. The lowest BCUT2D eigenvalue weighted by Gasteiger charge is -2.22. The lowest BCUT2D eigenvalue weighted by molar-refractivity contribution is -0.121. The van der Waals surface area contributed by atoms with E-state index in [1.165, 1.54) is 20.3 Å². The van der Waals surface area contributed by atoms with Crippen molar-refractivity contribution in [1.29, 1.82) is 0 Å². The molecule has 0 radical (unpaired) electrons. The average molecular weight is 570 g/mol. The van der Waals surface area contributed by atoms with Crippen LogP contribution in [0.1, 0.15) is 48.6 Å². The molecule has 1 aliphatic rings. The molecule has 1 amide bonds. The maximum Gasteiger partial charge on any atom is 0.343 e. The molecule has 1 atom stereocenters. The van der Waals surface area contributed by atoms with Gasteiger partial charge in [0.1, 0.15) is 11.5 Å². The summed E-state index contributed by atoms with van der Waals surface area (Å²) in [4.78, 5) is 26.3. The van der Waals surface area contributed by atoms with E-state index < -0.39 is 11.5 Å². The quantitative estimate of drug-likeness (QED) is 0.310. The molecule has 0 bridgehead atoms. The van der Waals surface area contributed by atoms with Crippen molar-refractivity contribution >= 4 is 5.91 Å². The highest BCUT2D eigenvalue weighted by Crippen LogP contribution is 2.52. The number of methoxy groups -OCH3 is 2. The molecule has 41 heavy (non-hydrogen) atoms. The predicted octanol–water partition coefficient (Wildman–Crippen LogP) is 4.08. The van der Waals surface area contributed by atoms with E-state index in [1.54, 1.807) is 13.0 Å². The van der Waals surface area contributed by atoms with Gasteiger partial charge in [0.2, 0.25) is 24.2 Å². The molecule has 0 spiro atoms. The van der Waals surface area contributed by atoms with E-state index in [-0.39, 0.29) is 47.7 Å². The number of fused-ring (bicyclic) bond motifs is 1. The first-order chi connectivity index (χ1) is 19.8. The fourth-order valence-electron chi connectivity index (χ4n) is 4.80. The third kappa shape index (κ3) is 6.45. The Bertz CT molecular complexity index is 1450. The summed E-state index contributed by atoms with van der Waals surface area (Å²) < 4.78 is 38.9. The molecule has 2 aromatic carbocycles. The molecular weight excluding hydrogens is 534 g/mol. The Morgan fingerprint density at radius 2 is 1.73 bits per heavy atom. The minimum Gasteiger partial charge on any atom is -0.507 e. The number of nitrogens with one attached hydrogen (secondary N) is 1. The highest BCUT2D eigenvalue weighted by molar-refractivity contribution is 5.78. The number of ether oxygens (including phenoxy) is 6. The number of carbonyl (C=O) groups is 1. The van der Waals surface area contributed by atoms with Gasteiger partial charge in [-0.3, -0.25) is 4.79 Å². The van der Waals surface area contributed by atoms with Crippen LogP contribution in [-0.2, 0) is 11.2 Å². The van der Waals surface area contributed by atoms with Crippen LogP contribution in [0.25, 0.3) is 0 Å². The number of carbonyl (C=O) groups excluding carboxylic acids is 1. The number of aryl methyl sites for hydroxylation is 1. The average Bonchev–Trinajstić information content (AvgIpc) is 3.43. The number of rotatable bonds is 13. The maximum atomic E-state index is 13.3. The summed E-state index contributed by atoms with van der Waals surface area (Å²) in [5, 5.41) is 13.7. The second-order valence-electron chi connectivity index (χ2n) is 9.21. The van der Waals surface area contributed by atoms with Crippen LogP contribution in [-0.4, -0.2) is 51.8 Å². The summed E-state index contributed by atoms with van der Waals surface area (Å²) in [5.41, 5.74) is 0.491. The van der Waals surface area contributed by atoms with Crippen molar-refractivity contribution in [3.63, 3.8) is 0 Å². The van der Waals surface area contributed by atoms with Gasteiger partial charge >= 0.3 is 5.63 Å². The smallest absolute Gasteiger partial charge is 0.343 e. The van der Waals surface area contributed by atoms with E-state index in [4.69, 9.17) is 32.8 Å². The van der Waals surface area contributed by atoms with Gasteiger partial charge in [0.25, 0.3) is 0 Å². The molecule has 1 aromatic heterocycles. The van der Waals surface area contributed by atoms with E-state index in [1.807, 2.05) is 32.0 Å². The van der Waals surface area contributed by atoms with Gasteiger partial charge in [0.15, 0.2) is 23.0 Å². The minimum absolute atomic E-state index is 0.0505. The van der Waals surface area contributed by atoms with Crippen molar-refractivity contribution in [2.75, 3.05) is 40.8 Å². The number of hydrogen-bond acceptors (Lipinski definition) is 10. The van der Waals surface area contributed by atoms with Crippen LogP contribution in [0.4, 0.5) is 0 Å². The number of aromatic hydroxyl groups is 1. The van der Waals surface area contributed by atoms with Crippen molar-refractivity contribution in [3.05, 3.63) is 63.2 Å². The first-order valence-corrected chi connectivity index (χ1v) is 13.3. The van der Waals surface area contributed by atoms with E-state index >= 15 is 0 Å². The molecule has 2 heterocycles. The summed E-state index contributed by atoms with van der Waals surface area (Å²) in [7, 11) is 2.90. The number of amides is 1. The Morgan fingerprint density at radius 1 is 1.00 bits per heavy atom. The van der Waals surface area contributed by atoms with Gasteiger partial charge < -0.3 is 43.3 Å². The Labute approximate surface area is 237 Å². The van der Waals surface area contributed by atoms with Gasteiger partial charge in [0, 0.05) is 30.5 Å². The van der Waals surface area contributed by atoms with Crippen molar-refractivity contribution in [1.82, 2.24) is 5.32 Å². The SMILES string of the molecule is CCOc1ccc(CCNC(=O)CC(c2cc(OC)c3c(c2OC)OCO3)c2c(O)cc(C)oc2=O)cc1OCC. The van der Waals surface area contributed by atoms with E-state index in [9.17, 15) is 14.7 Å². The first kappa shape index (κ1) is 29.4. The maximum absolute atomic E-state index is 13.3. The highest BCUT2D eigenvalue weighted by atomic mass is 16.7. The van der Waals surface area contributed by atoms with E-state index in [0.29, 0.717) is 54.7 Å². The van der Waals surface area contributed by atoms with Crippen molar-refractivity contribution < 1.29 is 42.7 Å². The molecule has 2 N–H and O–H groups in total. The van der Waals surface area contributed by atoms with Gasteiger partial charge in [-0.05, 0) is 51.0 Å². The molecule has 1 unspecified atom stereocenters. The molecule has 11 nitrogen and oxygen atoms in total. The van der Waals surface area contributed by atoms with Gasteiger partial charge in [-0.1, -0.05) is 6.07 Å². The Morgan fingerprint density at radius 3 is 2.41 bits per heavy atom. The lowest BCUT2D eigenvalue weighted by Crippen LogP contribution is -2.29. The van der Waals surface area contributed by atoms with Crippen LogP contribution in [0.2, 0.25) is 0 Å². The molecule has 0 saturated carbocycles. The molecule has 0 saturated heterocycles. The predicted molar refractivity (Wildman–Crippen MR) is 149 cm³/mol. The summed E-state index contributed by atoms with van der Waals surface area (Å²) in [5.74, 6) is 1.14. The number of benzene rings is 2. The zero-order valence-electron chi connectivity index (χ0n) is 23.8. The summed E-state index contributed by atoms with van der Waals surface area (Å²) in [6.07, 6.45) is 0.329.